The molecule has 0 aromatic carbocycles. The van der Waals surface area contributed by atoms with Gasteiger partial charge in [0.2, 0.25) is 0 Å². The quantitative estimate of drug-likeness (QED) is 0.0261. The van der Waals surface area contributed by atoms with E-state index in [-0.39, 0.29) is 31.1 Å². The molecular formula is C76H136O6. The van der Waals surface area contributed by atoms with E-state index in [0.29, 0.717) is 19.3 Å². The molecule has 0 saturated heterocycles. The van der Waals surface area contributed by atoms with Gasteiger partial charge in [0, 0.05) is 19.3 Å². The Balaban J connectivity index is 4.22. The average molecular weight is 1150 g/mol. The molecule has 0 fully saturated rings. The number of hydrogen-bond donors (Lipinski definition) is 0. The highest BCUT2D eigenvalue weighted by molar-refractivity contribution is 5.71. The lowest BCUT2D eigenvalue weighted by Gasteiger charge is -2.18. The monoisotopic (exact) mass is 1150 g/mol. The molecule has 0 N–H and O–H groups in total. The summed E-state index contributed by atoms with van der Waals surface area (Å²) in [5, 5.41) is 0. The van der Waals surface area contributed by atoms with Crippen molar-refractivity contribution in [3.05, 3.63) is 72.9 Å². The van der Waals surface area contributed by atoms with E-state index in [9.17, 15) is 14.4 Å². The maximum Gasteiger partial charge on any atom is 0.306 e. The Kier molecular flexibility index (Phi) is 67.6. The van der Waals surface area contributed by atoms with Gasteiger partial charge < -0.3 is 14.2 Å². The minimum atomic E-state index is -0.797. The topological polar surface area (TPSA) is 78.9 Å². The van der Waals surface area contributed by atoms with Crippen LogP contribution >= 0.6 is 0 Å². The van der Waals surface area contributed by atoms with Gasteiger partial charge in [-0.25, -0.2) is 0 Å². The third kappa shape index (κ3) is 67.6. The van der Waals surface area contributed by atoms with Crippen molar-refractivity contribution in [1.82, 2.24) is 0 Å². The van der Waals surface area contributed by atoms with Crippen LogP contribution < -0.4 is 0 Å². The highest BCUT2D eigenvalue weighted by Crippen LogP contribution is 2.18. The molecule has 0 aromatic rings. The fraction of sp³-hybridized carbons (Fsp3) is 0.803. The molecule has 0 heterocycles. The van der Waals surface area contributed by atoms with Gasteiger partial charge in [-0.2, -0.15) is 0 Å². The van der Waals surface area contributed by atoms with Crippen LogP contribution in [0.15, 0.2) is 72.9 Å². The fourth-order valence-electron chi connectivity index (χ4n) is 10.6. The summed E-state index contributed by atoms with van der Waals surface area (Å²) >= 11 is 0. The Bertz CT molecular complexity index is 1500. The SMILES string of the molecule is CC/C=C\C/C=C\C/C=C\C/C=C\CCCCC(=O)OCC(COC(=O)CCCCCCCCCCCCCCCCCCCCCCCCCCCCCCCCC)OC(=O)CCCCCCCCC/C=C\C/C=C\CCCCCC. The lowest BCUT2D eigenvalue weighted by atomic mass is 10.0. The van der Waals surface area contributed by atoms with Crippen molar-refractivity contribution in [2.45, 2.75) is 380 Å². The van der Waals surface area contributed by atoms with Crippen LogP contribution in [0.25, 0.3) is 0 Å². The van der Waals surface area contributed by atoms with Crippen LogP contribution in [-0.4, -0.2) is 37.2 Å². The zero-order valence-electron chi connectivity index (χ0n) is 54.8. The van der Waals surface area contributed by atoms with Crippen LogP contribution in [-0.2, 0) is 28.6 Å². The molecule has 0 bridgehead atoms. The first-order valence-corrected chi connectivity index (χ1v) is 35.9. The van der Waals surface area contributed by atoms with Gasteiger partial charge in [-0.1, -0.05) is 338 Å². The summed E-state index contributed by atoms with van der Waals surface area (Å²) in [4.78, 5) is 38.4. The van der Waals surface area contributed by atoms with Crippen LogP contribution in [0.1, 0.15) is 374 Å². The van der Waals surface area contributed by atoms with Crippen molar-refractivity contribution in [3.8, 4) is 0 Å². The van der Waals surface area contributed by atoms with Crippen molar-refractivity contribution >= 4 is 17.9 Å². The number of unbranched alkanes of at least 4 members (excludes halogenated alkanes) is 43. The average Bonchev–Trinajstić information content (AvgIpc) is 3.47. The predicted octanol–water partition coefficient (Wildman–Crippen LogP) is 24.8. The van der Waals surface area contributed by atoms with Crippen LogP contribution in [0.5, 0.6) is 0 Å². The van der Waals surface area contributed by atoms with Gasteiger partial charge in [0.05, 0.1) is 0 Å². The number of carbonyl (C=O) groups excluding carboxylic acids is 3. The summed E-state index contributed by atoms with van der Waals surface area (Å²) in [5.74, 6) is -0.921. The van der Waals surface area contributed by atoms with E-state index >= 15 is 0 Å². The Morgan fingerprint density at radius 2 is 0.476 bits per heavy atom. The second-order valence-corrected chi connectivity index (χ2v) is 24.1. The minimum Gasteiger partial charge on any atom is -0.462 e. The number of esters is 3. The van der Waals surface area contributed by atoms with E-state index < -0.39 is 6.10 Å². The molecule has 476 valence electrons. The third-order valence-electron chi connectivity index (χ3n) is 15.9. The number of carbonyl (C=O) groups is 3. The largest absolute Gasteiger partial charge is 0.462 e. The molecular weight excluding hydrogens is 1010 g/mol. The van der Waals surface area contributed by atoms with E-state index in [0.717, 1.165) is 96.3 Å². The van der Waals surface area contributed by atoms with Crippen molar-refractivity contribution in [2.24, 2.45) is 0 Å². The Morgan fingerprint density at radius 1 is 0.256 bits per heavy atom. The first-order chi connectivity index (χ1) is 40.5. The normalized spacial score (nSPS) is 12.5. The first-order valence-electron chi connectivity index (χ1n) is 35.9. The van der Waals surface area contributed by atoms with Gasteiger partial charge in [-0.3, -0.25) is 14.4 Å². The van der Waals surface area contributed by atoms with Gasteiger partial charge >= 0.3 is 17.9 Å². The minimum absolute atomic E-state index is 0.0890. The molecule has 0 radical (unpaired) electrons. The lowest BCUT2D eigenvalue weighted by Crippen LogP contribution is -2.30. The molecule has 6 heteroatoms. The molecule has 0 spiro atoms. The van der Waals surface area contributed by atoms with Gasteiger partial charge in [0.15, 0.2) is 6.10 Å². The number of hydrogen-bond acceptors (Lipinski definition) is 6. The Morgan fingerprint density at radius 3 is 0.780 bits per heavy atom. The lowest BCUT2D eigenvalue weighted by molar-refractivity contribution is -0.167. The van der Waals surface area contributed by atoms with Crippen LogP contribution in [0.4, 0.5) is 0 Å². The standard InChI is InChI=1S/C76H136O6/c1-4-7-10-13-16-19-22-25-28-30-32-33-34-35-36-37-38-39-40-41-42-43-44-46-48-51-54-57-60-63-66-69-75(78)81-72-73(71-80-74(77)68-65-62-59-56-53-50-47-27-24-21-18-15-12-9-6-3)82-76(79)70-67-64-61-58-55-52-49-45-31-29-26-23-20-17-14-11-8-5-2/h9,12,18,20-21,23,27,29,31,47,53,56,73H,4-8,10-11,13-17,19,22,24-26,28,30,32-46,48-52,54-55,57-72H2,1-3H3/b12-9-,21-18-,23-20-,31-29-,47-27-,56-53-. The summed E-state index contributed by atoms with van der Waals surface area (Å²) in [5.41, 5.74) is 0. The molecule has 0 aliphatic carbocycles. The zero-order valence-corrected chi connectivity index (χ0v) is 54.8. The highest BCUT2D eigenvalue weighted by atomic mass is 16.6. The highest BCUT2D eigenvalue weighted by Gasteiger charge is 2.19. The van der Waals surface area contributed by atoms with Crippen LogP contribution in [0.2, 0.25) is 0 Å². The van der Waals surface area contributed by atoms with Crippen molar-refractivity contribution in [3.63, 3.8) is 0 Å². The maximum atomic E-state index is 12.9. The smallest absolute Gasteiger partial charge is 0.306 e. The number of allylic oxidation sites excluding steroid dienone is 12. The number of rotatable bonds is 66. The van der Waals surface area contributed by atoms with E-state index in [4.69, 9.17) is 14.2 Å². The van der Waals surface area contributed by atoms with E-state index in [1.807, 2.05) is 0 Å². The molecule has 0 saturated carbocycles. The molecule has 0 rings (SSSR count). The van der Waals surface area contributed by atoms with E-state index in [1.54, 1.807) is 0 Å². The van der Waals surface area contributed by atoms with Gasteiger partial charge in [-0.05, 0) is 89.9 Å². The molecule has 0 aromatic heterocycles. The van der Waals surface area contributed by atoms with Crippen LogP contribution in [0, 0.1) is 0 Å². The Hall–Kier alpha value is -3.15. The van der Waals surface area contributed by atoms with Crippen molar-refractivity contribution in [2.75, 3.05) is 13.2 Å². The zero-order chi connectivity index (χ0) is 59.2. The maximum absolute atomic E-state index is 12.9. The second-order valence-electron chi connectivity index (χ2n) is 24.1. The molecule has 0 amide bonds. The summed E-state index contributed by atoms with van der Waals surface area (Å²) in [6.07, 6.45) is 92.4. The summed E-state index contributed by atoms with van der Waals surface area (Å²) in [6.45, 7) is 6.52. The van der Waals surface area contributed by atoms with Crippen LogP contribution in [0.3, 0.4) is 0 Å². The number of ether oxygens (including phenoxy) is 3. The summed E-state index contributed by atoms with van der Waals surface area (Å²) < 4.78 is 16.9. The predicted molar refractivity (Wildman–Crippen MR) is 358 cm³/mol. The van der Waals surface area contributed by atoms with Crippen molar-refractivity contribution < 1.29 is 28.6 Å². The second kappa shape index (κ2) is 70.3. The molecule has 1 unspecified atom stereocenters. The molecule has 1 atom stereocenters. The van der Waals surface area contributed by atoms with Gasteiger partial charge in [0.1, 0.15) is 13.2 Å². The fourth-order valence-corrected chi connectivity index (χ4v) is 10.6. The van der Waals surface area contributed by atoms with Gasteiger partial charge in [0.25, 0.3) is 0 Å². The molecule has 0 aliphatic rings. The Labute approximate surface area is 510 Å². The van der Waals surface area contributed by atoms with Gasteiger partial charge in [-0.15, -0.1) is 0 Å². The van der Waals surface area contributed by atoms with E-state index in [1.165, 1.54) is 238 Å². The first kappa shape index (κ1) is 78.8. The summed E-state index contributed by atoms with van der Waals surface area (Å²) in [6, 6.07) is 0. The summed E-state index contributed by atoms with van der Waals surface area (Å²) in [7, 11) is 0. The molecule has 6 nitrogen and oxygen atoms in total. The third-order valence-corrected chi connectivity index (χ3v) is 15.9. The van der Waals surface area contributed by atoms with E-state index in [2.05, 4.69) is 93.7 Å². The van der Waals surface area contributed by atoms with Crippen molar-refractivity contribution in [1.29, 1.82) is 0 Å². The molecule has 82 heavy (non-hydrogen) atoms. The molecule has 0 aliphatic heterocycles.